The third kappa shape index (κ3) is 5.22. The predicted octanol–water partition coefficient (Wildman–Crippen LogP) is 3.09. The molecule has 8 heteroatoms. The molecule has 1 N–H and O–H groups in total. The van der Waals surface area contributed by atoms with Gasteiger partial charge in [0.25, 0.3) is 0 Å². The summed E-state index contributed by atoms with van der Waals surface area (Å²) in [6.07, 6.45) is 1.14. The zero-order chi connectivity index (χ0) is 20.7. The zero-order valence-corrected chi connectivity index (χ0v) is 17.0. The van der Waals surface area contributed by atoms with Gasteiger partial charge in [0.1, 0.15) is 17.6 Å². The molecule has 152 valence electrons. The number of sulfonamides is 1. The van der Waals surface area contributed by atoms with Crippen LogP contribution in [0.5, 0.6) is 5.75 Å². The molecular weight excluding hydrogens is 383 g/mol. The average molecular weight is 408 g/mol. The Labute approximate surface area is 165 Å². The van der Waals surface area contributed by atoms with Crippen molar-refractivity contribution in [1.29, 1.82) is 0 Å². The number of hydrogen-bond acceptors (Lipinski definition) is 4. The van der Waals surface area contributed by atoms with Gasteiger partial charge >= 0.3 is 0 Å². The Morgan fingerprint density at radius 1 is 1.14 bits per heavy atom. The standard InChI is InChI=1S/C20H25FN2O4S/c1-4-17(23(28(3,25)26)18-12-8-7-11-16(18)21)20(24)22-14-15-10-6-9-13-19(15)27-5-2/h6-13,17H,4-5,14H2,1-3H3,(H,22,24). The Balaban J connectivity index is 2.27. The van der Waals surface area contributed by atoms with Crippen LogP contribution in [0.15, 0.2) is 48.5 Å². The minimum atomic E-state index is -3.89. The molecular formula is C20H25FN2O4S. The van der Waals surface area contributed by atoms with E-state index in [-0.39, 0.29) is 18.7 Å². The SMILES string of the molecule is CCOc1ccccc1CNC(=O)C(CC)N(c1ccccc1F)S(C)(=O)=O. The van der Waals surface area contributed by atoms with Crippen molar-refractivity contribution in [3.05, 3.63) is 59.9 Å². The van der Waals surface area contributed by atoms with Crippen molar-refractivity contribution in [2.24, 2.45) is 0 Å². The molecule has 0 fully saturated rings. The predicted molar refractivity (Wildman–Crippen MR) is 107 cm³/mol. The highest BCUT2D eigenvalue weighted by molar-refractivity contribution is 7.92. The number of amides is 1. The third-order valence-corrected chi connectivity index (χ3v) is 5.31. The largest absolute Gasteiger partial charge is 0.494 e. The first-order chi connectivity index (χ1) is 13.3. The summed E-state index contributed by atoms with van der Waals surface area (Å²) in [4.78, 5) is 12.8. The van der Waals surface area contributed by atoms with E-state index in [0.717, 1.165) is 22.2 Å². The molecule has 1 amide bonds. The van der Waals surface area contributed by atoms with Crippen molar-refractivity contribution >= 4 is 21.6 Å². The molecule has 2 rings (SSSR count). The van der Waals surface area contributed by atoms with E-state index in [4.69, 9.17) is 4.74 Å². The molecule has 1 unspecified atom stereocenters. The normalized spacial score (nSPS) is 12.3. The van der Waals surface area contributed by atoms with E-state index in [1.807, 2.05) is 25.1 Å². The number of rotatable bonds is 9. The minimum absolute atomic E-state index is 0.151. The molecule has 0 saturated carbocycles. The van der Waals surface area contributed by atoms with E-state index >= 15 is 0 Å². The van der Waals surface area contributed by atoms with Crippen molar-refractivity contribution < 1.29 is 22.3 Å². The molecule has 0 aliphatic carbocycles. The fraction of sp³-hybridized carbons (Fsp3) is 0.350. The van der Waals surface area contributed by atoms with E-state index in [1.54, 1.807) is 13.0 Å². The van der Waals surface area contributed by atoms with Gasteiger partial charge in [0, 0.05) is 12.1 Å². The average Bonchev–Trinajstić information content (AvgIpc) is 2.65. The van der Waals surface area contributed by atoms with E-state index in [0.29, 0.717) is 12.4 Å². The van der Waals surface area contributed by atoms with Crippen LogP contribution in [0.25, 0.3) is 0 Å². The summed E-state index contributed by atoms with van der Waals surface area (Å²) < 4.78 is 45.4. The topological polar surface area (TPSA) is 75.7 Å². The number of ether oxygens (including phenoxy) is 1. The van der Waals surface area contributed by atoms with Crippen LogP contribution in [0.1, 0.15) is 25.8 Å². The molecule has 28 heavy (non-hydrogen) atoms. The van der Waals surface area contributed by atoms with Crippen LogP contribution < -0.4 is 14.4 Å². The van der Waals surface area contributed by atoms with Crippen LogP contribution in [0.4, 0.5) is 10.1 Å². The molecule has 0 bridgehead atoms. The Kier molecular flexibility index (Phi) is 7.39. The van der Waals surface area contributed by atoms with E-state index in [2.05, 4.69) is 5.32 Å². The zero-order valence-electron chi connectivity index (χ0n) is 16.2. The molecule has 0 heterocycles. The van der Waals surface area contributed by atoms with Crippen LogP contribution in [0.3, 0.4) is 0 Å². The fourth-order valence-corrected chi connectivity index (χ4v) is 4.12. The number of halogens is 1. The minimum Gasteiger partial charge on any atom is -0.494 e. The lowest BCUT2D eigenvalue weighted by Gasteiger charge is -2.30. The van der Waals surface area contributed by atoms with Gasteiger partial charge < -0.3 is 10.1 Å². The molecule has 0 radical (unpaired) electrons. The number of carbonyl (C=O) groups excluding carboxylic acids is 1. The van der Waals surface area contributed by atoms with Crippen LogP contribution in [0.2, 0.25) is 0 Å². The maximum Gasteiger partial charge on any atom is 0.244 e. The molecule has 0 aromatic heterocycles. The number of anilines is 1. The van der Waals surface area contributed by atoms with Crippen LogP contribution in [-0.4, -0.2) is 33.2 Å². The van der Waals surface area contributed by atoms with Crippen molar-refractivity contribution in [3.8, 4) is 5.75 Å². The van der Waals surface area contributed by atoms with Gasteiger partial charge in [-0.25, -0.2) is 12.8 Å². The lowest BCUT2D eigenvalue weighted by molar-refractivity contribution is -0.122. The van der Waals surface area contributed by atoms with Crippen molar-refractivity contribution in [3.63, 3.8) is 0 Å². The number of nitrogens with zero attached hydrogens (tertiary/aromatic N) is 1. The van der Waals surface area contributed by atoms with Gasteiger partial charge in [-0.3, -0.25) is 9.10 Å². The van der Waals surface area contributed by atoms with Crippen LogP contribution in [-0.2, 0) is 21.4 Å². The summed E-state index contributed by atoms with van der Waals surface area (Å²) in [7, 11) is -3.89. The monoisotopic (exact) mass is 408 g/mol. The quantitative estimate of drug-likeness (QED) is 0.692. The van der Waals surface area contributed by atoms with Gasteiger partial charge in [-0.15, -0.1) is 0 Å². The Morgan fingerprint density at radius 2 is 1.79 bits per heavy atom. The molecule has 6 nitrogen and oxygen atoms in total. The molecule has 2 aromatic rings. The number of carbonyl (C=O) groups is 1. The Bertz CT molecular complexity index is 918. The van der Waals surface area contributed by atoms with Gasteiger partial charge in [-0.05, 0) is 31.5 Å². The first-order valence-corrected chi connectivity index (χ1v) is 10.9. The lowest BCUT2D eigenvalue weighted by Crippen LogP contribution is -2.49. The molecule has 2 aromatic carbocycles. The summed E-state index contributed by atoms with van der Waals surface area (Å²) in [6, 6.07) is 11.7. The second-order valence-corrected chi connectivity index (χ2v) is 8.05. The van der Waals surface area contributed by atoms with Gasteiger partial charge in [-0.1, -0.05) is 37.3 Å². The maximum atomic E-state index is 14.3. The van der Waals surface area contributed by atoms with E-state index in [9.17, 15) is 17.6 Å². The van der Waals surface area contributed by atoms with Crippen molar-refractivity contribution in [2.45, 2.75) is 32.9 Å². The summed E-state index contributed by atoms with van der Waals surface area (Å²) in [6.45, 7) is 4.19. The van der Waals surface area contributed by atoms with Gasteiger partial charge in [0.05, 0.1) is 18.6 Å². The third-order valence-electron chi connectivity index (χ3n) is 4.15. The maximum absolute atomic E-state index is 14.3. The van der Waals surface area contributed by atoms with Crippen LogP contribution in [0, 0.1) is 5.82 Å². The molecule has 0 saturated heterocycles. The second-order valence-electron chi connectivity index (χ2n) is 6.19. The number of nitrogens with one attached hydrogen (secondary N) is 1. The summed E-state index contributed by atoms with van der Waals surface area (Å²) >= 11 is 0. The second kappa shape index (κ2) is 9.54. The van der Waals surface area contributed by atoms with Crippen molar-refractivity contribution in [2.75, 3.05) is 17.2 Å². The number of benzene rings is 2. The summed E-state index contributed by atoms with van der Waals surface area (Å²) in [5.41, 5.74) is 0.617. The van der Waals surface area contributed by atoms with Gasteiger partial charge in [-0.2, -0.15) is 0 Å². The van der Waals surface area contributed by atoms with Crippen LogP contribution >= 0.6 is 0 Å². The van der Waals surface area contributed by atoms with Gasteiger partial charge in [0.2, 0.25) is 15.9 Å². The fourth-order valence-electron chi connectivity index (χ4n) is 2.91. The molecule has 0 spiro atoms. The summed E-state index contributed by atoms with van der Waals surface area (Å²) in [5, 5.41) is 2.74. The lowest BCUT2D eigenvalue weighted by atomic mass is 10.1. The number of para-hydroxylation sites is 2. The van der Waals surface area contributed by atoms with Crippen molar-refractivity contribution in [1.82, 2.24) is 5.32 Å². The number of hydrogen-bond donors (Lipinski definition) is 1. The molecule has 1 atom stereocenters. The highest BCUT2D eigenvalue weighted by atomic mass is 32.2. The first-order valence-electron chi connectivity index (χ1n) is 9.01. The molecule has 0 aliphatic rings. The van der Waals surface area contributed by atoms with Gasteiger partial charge in [0.15, 0.2) is 0 Å². The van der Waals surface area contributed by atoms with E-state index < -0.39 is 27.8 Å². The molecule has 0 aliphatic heterocycles. The highest BCUT2D eigenvalue weighted by Crippen LogP contribution is 2.25. The Hall–Kier alpha value is -2.61. The summed E-state index contributed by atoms with van der Waals surface area (Å²) in [5.74, 6) is -0.573. The smallest absolute Gasteiger partial charge is 0.244 e. The van der Waals surface area contributed by atoms with E-state index in [1.165, 1.54) is 18.2 Å². The highest BCUT2D eigenvalue weighted by Gasteiger charge is 2.33. The Morgan fingerprint density at radius 3 is 2.39 bits per heavy atom. The first kappa shape index (κ1) is 21.7.